The van der Waals surface area contributed by atoms with Crippen molar-refractivity contribution in [3.63, 3.8) is 0 Å². The van der Waals surface area contributed by atoms with Gasteiger partial charge in [0.15, 0.2) is 14.4 Å². The molecule has 6 heteroatoms. The molecule has 0 aliphatic heterocycles. The molecule has 0 aliphatic carbocycles. The molecular weight excluding hydrogens is 241 g/mol. The largest absolute Gasteiger partial charge is 0.417 e. The third-order valence-electron chi connectivity index (χ3n) is 1.61. The predicted octanol–water partition coefficient (Wildman–Crippen LogP) is 4.20. The van der Waals surface area contributed by atoms with Gasteiger partial charge in [0.1, 0.15) is 0 Å². The molecule has 0 radical (unpaired) electrons. The van der Waals surface area contributed by atoms with Crippen LogP contribution in [-0.2, 0) is 4.43 Å². The van der Waals surface area contributed by atoms with E-state index in [-0.39, 0.29) is 5.56 Å². The average molecular weight is 254 g/mol. The number of hydrogen-bond donors (Lipinski definition) is 0. The third-order valence-corrected chi connectivity index (χ3v) is 3.26. The van der Waals surface area contributed by atoms with E-state index in [0.29, 0.717) is 0 Å². The van der Waals surface area contributed by atoms with Crippen LogP contribution in [0, 0.1) is 0 Å². The molecule has 0 aromatic carbocycles. The molecule has 0 amide bonds. The molecular formula is C9H13F3OSSi. The second-order valence-electron chi connectivity index (χ2n) is 4.21. The van der Waals surface area contributed by atoms with Crippen LogP contribution in [0.5, 0.6) is 0 Å². The Morgan fingerprint density at radius 2 is 1.93 bits per heavy atom. The highest BCUT2D eigenvalue weighted by atomic mass is 32.1. The van der Waals surface area contributed by atoms with Crippen molar-refractivity contribution in [2.24, 2.45) is 0 Å². The van der Waals surface area contributed by atoms with E-state index in [2.05, 4.69) is 0 Å². The minimum Gasteiger partial charge on any atom is -0.403 e. The Bertz CT molecular complexity index is 302. The molecule has 1 heterocycles. The lowest BCUT2D eigenvalue weighted by molar-refractivity contribution is -0.200. The first-order valence-electron chi connectivity index (χ1n) is 4.47. The van der Waals surface area contributed by atoms with Gasteiger partial charge < -0.3 is 4.43 Å². The summed E-state index contributed by atoms with van der Waals surface area (Å²) in [4.78, 5) is 0. The summed E-state index contributed by atoms with van der Waals surface area (Å²) >= 11 is 1.25. The molecule has 1 nitrogen and oxygen atoms in total. The van der Waals surface area contributed by atoms with Crippen molar-refractivity contribution in [1.29, 1.82) is 0 Å². The fourth-order valence-corrected chi connectivity index (χ4v) is 2.75. The topological polar surface area (TPSA) is 9.23 Å². The first kappa shape index (κ1) is 12.7. The highest BCUT2D eigenvalue weighted by Crippen LogP contribution is 2.38. The molecule has 0 spiro atoms. The standard InChI is InChI=1S/C9H13F3OSSi/c1-15(2,3)13-8(9(10,11)12)7-4-5-14-6-7/h4-6,8H,1-3H3. The summed E-state index contributed by atoms with van der Waals surface area (Å²) < 4.78 is 43.3. The van der Waals surface area contributed by atoms with Gasteiger partial charge in [-0.3, -0.25) is 0 Å². The Morgan fingerprint density at radius 1 is 1.33 bits per heavy atom. The molecule has 0 N–H and O–H groups in total. The van der Waals surface area contributed by atoms with Crippen molar-refractivity contribution < 1.29 is 17.6 Å². The molecule has 1 rings (SSSR count). The zero-order chi connectivity index (χ0) is 11.7. The Kier molecular flexibility index (Phi) is 3.62. The van der Waals surface area contributed by atoms with E-state index in [1.807, 2.05) is 0 Å². The van der Waals surface area contributed by atoms with Gasteiger partial charge in [0.25, 0.3) is 0 Å². The zero-order valence-corrected chi connectivity index (χ0v) is 10.6. The average Bonchev–Trinajstić information content (AvgIpc) is 2.47. The smallest absolute Gasteiger partial charge is 0.403 e. The molecule has 0 aliphatic rings. The molecule has 0 bridgehead atoms. The first-order valence-corrected chi connectivity index (χ1v) is 8.82. The minimum atomic E-state index is -4.33. The molecule has 0 saturated carbocycles. The van der Waals surface area contributed by atoms with Gasteiger partial charge in [0, 0.05) is 0 Å². The molecule has 86 valence electrons. The Balaban J connectivity index is 2.90. The Morgan fingerprint density at radius 3 is 2.27 bits per heavy atom. The van der Waals surface area contributed by atoms with Crippen molar-refractivity contribution in [1.82, 2.24) is 0 Å². The van der Waals surface area contributed by atoms with Crippen LogP contribution < -0.4 is 0 Å². The van der Waals surface area contributed by atoms with Crippen LogP contribution in [0.4, 0.5) is 13.2 Å². The third kappa shape index (κ3) is 3.96. The summed E-state index contributed by atoms with van der Waals surface area (Å²) in [5, 5.41) is 3.11. The normalized spacial score (nSPS) is 15.3. The monoisotopic (exact) mass is 254 g/mol. The highest BCUT2D eigenvalue weighted by Gasteiger charge is 2.44. The second-order valence-corrected chi connectivity index (χ2v) is 9.45. The van der Waals surface area contributed by atoms with Crippen LogP contribution >= 0.6 is 11.3 Å². The molecule has 1 aromatic heterocycles. The lowest BCUT2D eigenvalue weighted by Gasteiger charge is -2.27. The van der Waals surface area contributed by atoms with Gasteiger partial charge in [-0.15, -0.1) is 0 Å². The molecule has 0 saturated heterocycles. The zero-order valence-electron chi connectivity index (χ0n) is 8.76. The van der Waals surface area contributed by atoms with Crippen molar-refractivity contribution in [3.8, 4) is 0 Å². The molecule has 1 atom stereocenters. The van der Waals surface area contributed by atoms with Gasteiger partial charge in [-0.25, -0.2) is 0 Å². The fraction of sp³-hybridized carbons (Fsp3) is 0.556. The van der Waals surface area contributed by atoms with Gasteiger partial charge in [0.2, 0.25) is 0 Å². The van der Waals surface area contributed by atoms with Crippen LogP contribution in [0.25, 0.3) is 0 Å². The summed E-state index contributed by atoms with van der Waals surface area (Å²) in [5.74, 6) is 0. The second kappa shape index (κ2) is 4.27. The quantitative estimate of drug-likeness (QED) is 0.734. The maximum absolute atomic E-state index is 12.7. The summed E-state index contributed by atoms with van der Waals surface area (Å²) in [6, 6.07) is 1.46. The number of hydrogen-bond acceptors (Lipinski definition) is 2. The van der Waals surface area contributed by atoms with Crippen LogP contribution in [0.1, 0.15) is 11.7 Å². The summed E-state index contributed by atoms with van der Waals surface area (Å²) in [6.07, 6.45) is -6.10. The summed E-state index contributed by atoms with van der Waals surface area (Å²) in [5.41, 5.74) is 0.204. The molecule has 1 unspecified atom stereocenters. The Labute approximate surface area is 92.0 Å². The molecule has 0 fully saturated rings. The Hall–Kier alpha value is -0.333. The van der Waals surface area contributed by atoms with E-state index >= 15 is 0 Å². The van der Waals surface area contributed by atoms with E-state index < -0.39 is 20.6 Å². The van der Waals surface area contributed by atoms with Crippen molar-refractivity contribution in [2.45, 2.75) is 31.9 Å². The number of alkyl halides is 3. The maximum atomic E-state index is 12.7. The van der Waals surface area contributed by atoms with Crippen molar-refractivity contribution >= 4 is 19.7 Å². The van der Waals surface area contributed by atoms with E-state index in [1.54, 1.807) is 25.0 Å². The van der Waals surface area contributed by atoms with Gasteiger partial charge in [-0.05, 0) is 42.0 Å². The SMILES string of the molecule is C[Si](C)(C)OC(c1ccsc1)C(F)(F)F. The van der Waals surface area contributed by atoms with Gasteiger partial charge in [-0.1, -0.05) is 0 Å². The van der Waals surface area contributed by atoms with Crippen LogP contribution in [-0.4, -0.2) is 14.5 Å². The van der Waals surface area contributed by atoms with Crippen molar-refractivity contribution in [3.05, 3.63) is 22.4 Å². The van der Waals surface area contributed by atoms with Gasteiger partial charge >= 0.3 is 6.18 Å². The van der Waals surface area contributed by atoms with Crippen molar-refractivity contribution in [2.75, 3.05) is 0 Å². The fourth-order valence-electron chi connectivity index (χ4n) is 1.10. The number of thiophene rings is 1. The summed E-state index contributed by atoms with van der Waals surface area (Å²) in [7, 11) is -2.20. The molecule has 15 heavy (non-hydrogen) atoms. The maximum Gasteiger partial charge on any atom is 0.417 e. The first-order chi connectivity index (χ1) is 6.70. The van der Waals surface area contributed by atoms with Crippen LogP contribution in [0.15, 0.2) is 16.8 Å². The lowest BCUT2D eigenvalue weighted by Crippen LogP contribution is -2.34. The van der Waals surface area contributed by atoms with Gasteiger partial charge in [-0.2, -0.15) is 24.5 Å². The molecule has 1 aromatic rings. The van der Waals surface area contributed by atoms with E-state index in [4.69, 9.17) is 4.43 Å². The van der Waals surface area contributed by atoms with E-state index in [1.165, 1.54) is 22.8 Å². The summed E-state index contributed by atoms with van der Waals surface area (Å²) in [6.45, 7) is 5.24. The predicted molar refractivity (Wildman–Crippen MR) is 57.5 cm³/mol. The van der Waals surface area contributed by atoms with Crippen LogP contribution in [0.2, 0.25) is 19.6 Å². The van der Waals surface area contributed by atoms with E-state index in [0.717, 1.165) is 0 Å². The lowest BCUT2D eigenvalue weighted by atomic mass is 10.2. The number of rotatable bonds is 3. The highest BCUT2D eigenvalue weighted by molar-refractivity contribution is 7.08. The van der Waals surface area contributed by atoms with Gasteiger partial charge in [0.05, 0.1) is 0 Å². The van der Waals surface area contributed by atoms with E-state index in [9.17, 15) is 13.2 Å². The number of halogens is 3. The van der Waals surface area contributed by atoms with Crippen LogP contribution in [0.3, 0.4) is 0 Å². The minimum absolute atomic E-state index is 0.204.